The first-order valence-corrected chi connectivity index (χ1v) is 6.67. The number of nitrogens with one attached hydrogen (secondary N) is 1. The number of carbonyl (C=O) groups is 1. The van der Waals surface area contributed by atoms with Crippen molar-refractivity contribution in [1.29, 1.82) is 0 Å². The smallest absolute Gasteiger partial charge is 0.224 e. The Labute approximate surface area is 115 Å². The van der Waals surface area contributed by atoms with Crippen molar-refractivity contribution in [3.8, 4) is 5.75 Å². The van der Waals surface area contributed by atoms with Gasteiger partial charge in [0, 0.05) is 12.0 Å². The molecule has 3 unspecified atom stereocenters. The van der Waals surface area contributed by atoms with Crippen LogP contribution in [0, 0.1) is 12.8 Å². The monoisotopic (exact) mass is 264 g/mol. The third-order valence-corrected chi connectivity index (χ3v) is 3.19. The summed E-state index contributed by atoms with van der Waals surface area (Å²) in [7, 11) is 0. The van der Waals surface area contributed by atoms with Gasteiger partial charge in [-0.3, -0.25) is 4.79 Å². The van der Waals surface area contributed by atoms with Gasteiger partial charge in [0.1, 0.15) is 11.9 Å². The van der Waals surface area contributed by atoms with Crippen molar-refractivity contribution in [3.05, 3.63) is 29.8 Å². The van der Waals surface area contributed by atoms with Crippen molar-refractivity contribution < 1.29 is 9.53 Å². The van der Waals surface area contributed by atoms with Crippen molar-refractivity contribution in [3.63, 3.8) is 0 Å². The molecule has 1 aromatic carbocycles. The van der Waals surface area contributed by atoms with Crippen LogP contribution in [0.15, 0.2) is 24.3 Å². The molecule has 0 heterocycles. The fourth-order valence-electron chi connectivity index (χ4n) is 1.59. The van der Waals surface area contributed by atoms with Crippen molar-refractivity contribution in [2.24, 2.45) is 11.7 Å². The molecular formula is C15H24N2O2. The zero-order chi connectivity index (χ0) is 14.4. The molecule has 1 aromatic rings. The zero-order valence-electron chi connectivity index (χ0n) is 12.1. The lowest BCUT2D eigenvalue weighted by molar-refractivity contribution is -0.125. The van der Waals surface area contributed by atoms with Crippen LogP contribution >= 0.6 is 0 Å². The highest BCUT2D eigenvalue weighted by Gasteiger charge is 2.17. The average molecular weight is 264 g/mol. The second-order valence-electron chi connectivity index (χ2n) is 5.09. The number of hydrogen-bond acceptors (Lipinski definition) is 3. The van der Waals surface area contributed by atoms with E-state index in [9.17, 15) is 4.79 Å². The molecule has 0 saturated carbocycles. The molecule has 0 aliphatic carbocycles. The van der Waals surface area contributed by atoms with Crippen LogP contribution in [0.4, 0.5) is 0 Å². The standard InChI is InChI=1S/C15H24N2O2/c1-10-7-5-6-8-14(10)19-11(2)9-17-15(18)12(3)13(4)16/h5-8,11-13H,9,16H2,1-4H3,(H,17,18). The first-order chi connectivity index (χ1) is 8.91. The summed E-state index contributed by atoms with van der Waals surface area (Å²) in [6, 6.07) is 7.69. The van der Waals surface area contributed by atoms with E-state index < -0.39 is 0 Å². The molecule has 1 amide bonds. The van der Waals surface area contributed by atoms with E-state index >= 15 is 0 Å². The summed E-state index contributed by atoms with van der Waals surface area (Å²) in [4.78, 5) is 11.8. The summed E-state index contributed by atoms with van der Waals surface area (Å²) in [6.45, 7) is 8.07. The van der Waals surface area contributed by atoms with E-state index in [0.29, 0.717) is 6.54 Å². The van der Waals surface area contributed by atoms with Gasteiger partial charge in [0.25, 0.3) is 0 Å². The van der Waals surface area contributed by atoms with Crippen molar-refractivity contribution >= 4 is 5.91 Å². The molecule has 3 N–H and O–H groups in total. The second kappa shape index (κ2) is 7.14. The first kappa shape index (κ1) is 15.5. The predicted octanol–water partition coefficient (Wildman–Crippen LogP) is 1.86. The van der Waals surface area contributed by atoms with Crippen LogP contribution in [0.2, 0.25) is 0 Å². The van der Waals surface area contributed by atoms with Crippen LogP contribution < -0.4 is 15.8 Å². The summed E-state index contributed by atoms with van der Waals surface area (Å²) >= 11 is 0. The van der Waals surface area contributed by atoms with Gasteiger partial charge in [-0.05, 0) is 32.4 Å². The van der Waals surface area contributed by atoms with Crippen molar-refractivity contribution in [1.82, 2.24) is 5.32 Å². The first-order valence-electron chi connectivity index (χ1n) is 6.67. The van der Waals surface area contributed by atoms with E-state index in [0.717, 1.165) is 11.3 Å². The third kappa shape index (κ3) is 4.91. The molecule has 0 aromatic heterocycles. The third-order valence-electron chi connectivity index (χ3n) is 3.19. The molecule has 0 spiro atoms. The Morgan fingerprint density at radius 2 is 1.95 bits per heavy atom. The van der Waals surface area contributed by atoms with Gasteiger partial charge >= 0.3 is 0 Å². The minimum Gasteiger partial charge on any atom is -0.489 e. The lowest BCUT2D eigenvalue weighted by atomic mass is 10.0. The van der Waals surface area contributed by atoms with Crippen LogP contribution in [-0.2, 0) is 4.79 Å². The van der Waals surface area contributed by atoms with E-state index in [1.165, 1.54) is 0 Å². The fraction of sp³-hybridized carbons (Fsp3) is 0.533. The summed E-state index contributed by atoms with van der Waals surface area (Å²) in [5, 5.41) is 2.86. The van der Waals surface area contributed by atoms with Crippen LogP contribution in [0.3, 0.4) is 0 Å². The Balaban J connectivity index is 2.42. The predicted molar refractivity (Wildman–Crippen MR) is 77.1 cm³/mol. The van der Waals surface area contributed by atoms with E-state index in [-0.39, 0.29) is 24.0 Å². The number of carbonyl (C=O) groups excluding carboxylic acids is 1. The fourth-order valence-corrected chi connectivity index (χ4v) is 1.59. The molecule has 106 valence electrons. The number of aryl methyl sites for hydroxylation is 1. The van der Waals surface area contributed by atoms with Gasteiger partial charge in [0.05, 0.1) is 6.54 Å². The molecule has 1 rings (SSSR count). The Morgan fingerprint density at radius 3 is 2.53 bits per heavy atom. The number of benzene rings is 1. The van der Waals surface area contributed by atoms with Gasteiger partial charge < -0.3 is 15.8 Å². The normalized spacial score (nSPS) is 15.4. The van der Waals surface area contributed by atoms with E-state index in [1.807, 2.05) is 52.0 Å². The molecule has 0 aliphatic heterocycles. The Kier molecular flexibility index (Phi) is 5.83. The number of nitrogens with two attached hydrogens (primary N) is 1. The van der Waals surface area contributed by atoms with Gasteiger partial charge in [-0.1, -0.05) is 25.1 Å². The molecule has 0 saturated heterocycles. The van der Waals surface area contributed by atoms with Crippen LogP contribution in [-0.4, -0.2) is 24.6 Å². The van der Waals surface area contributed by atoms with E-state index in [1.54, 1.807) is 0 Å². The van der Waals surface area contributed by atoms with Crippen LogP contribution in [0.25, 0.3) is 0 Å². The quantitative estimate of drug-likeness (QED) is 0.824. The average Bonchev–Trinajstić information content (AvgIpc) is 2.37. The van der Waals surface area contributed by atoms with Gasteiger partial charge in [-0.25, -0.2) is 0 Å². The number of para-hydroxylation sites is 1. The minimum atomic E-state index is -0.189. The van der Waals surface area contributed by atoms with Crippen LogP contribution in [0.5, 0.6) is 5.75 Å². The largest absolute Gasteiger partial charge is 0.489 e. The molecule has 4 heteroatoms. The topological polar surface area (TPSA) is 64.3 Å². The maximum Gasteiger partial charge on any atom is 0.224 e. The second-order valence-corrected chi connectivity index (χ2v) is 5.09. The molecular weight excluding hydrogens is 240 g/mol. The molecule has 0 radical (unpaired) electrons. The summed E-state index contributed by atoms with van der Waals surface area (Å²) in [5.41, 5.74) is 6.78. The highest BCUT2D eigenvalue weighted by Crippen LogP contribution is 2.17. The molecule has 0 fully saturated rings. The summed E-state index contributed by atoms with van der Waals surface area (Å²) in [6.07, 6.45) is -0.0784. The van der Waals surface area contributed by atoms with Gasteiger partial charge in [-0.2, -0.15) is 0 Å². The van der Waals surface area contributed by atoms with Gasteiger partial charge in [-0.15, -0.1) is 0 Å². The maximum atomic E-state index is 11.8. The highest BCUT2D eigenvalue weighted by atomic mass is 16.5. The Hall–Kier alpha value is -1.55. The zero-order valence-corrected chi connectivity index (χ0v) is 12.1. The molecule has 0 aliphatic rings. The molecule has 4 nitrogen and oxygen atoms in total. The summed E-state index contributed by atoms with van der Waals surface area (Å²) < 4.78 is 5.79. The Bertz CT molecular complexity index is 418. The molecule has 19 heavy (non-hydrogen) atoms. The number of ether oxygens (including phenoxy) is 1. The van der Waals surface area contributed by atoms with Gasteiger partial charge in [0.15, 0.2) is 0 Å². The van der Waals surface area contributed by atoms with Crippen LogP contribution in [0.1, 0.15) is 26.3 Å². The SMILES string of the molecule is Cc1ccccc1OC(C)CNC(=O)C(C)C(C)N. The maximum absolute atomic E-state index is 11.8. The Morgan fingerprint density at radius 1 is 1.32 bits per heavy atom. The number of rotatable bonds is 6. The van der Waals surface area contributed by atoms with Gasteiger partial charge in [0.2, 0.25) is 5.91 Å². The lowest BCUT2D eigenvalue weighted by Gasteiger charge is -2.19. The van der Waals surface area contributed by atoms with Crippen molar-refractivity contribution in [2.45, 2.75) is 39.8 Å². The molecule has 0 bridgehead atoms. The van der Waals surface area contributed by atoms with Crippen molar-refractivity contribution in [2.75, 3.05) is 6.54 Å². The minimum absolute atomic E-state index is 0.0322. The summed E-state index contributed by atoms with van der Waals surface area (Å²) in [5.74, 6) is 0.630. The number of hydrogen-bond donors (Lipinski definition) is 2. The highest BCUT2D eigenvalue weighted by molar-refractivity contribution is 5.78. The number of amides is 1. The van der Waals surface area contributed by atoms with E-state index in [2.05, 4.69) is 5.32 Å². The van der Waals surface area contributed by atoms with E-state index in [4.69, 9.17) is 10.5 Å². The lowest BCUT2D eigenvalue weighted by Crippen LogP contribution is -2.42. The molecule has 3 atom stereocenters.